The minimum atomic E-state index is 0.398. The highest BCUT2D eigenvalue weighted by atomic mass is 16.5. The number of fused-ring (bicyclic) bond motifs is 1. The molecular formula is C19H25N5O. The second-order valence-electron chi connectivity index (χ2n) is 6.92. The molecule has 0 bridgehead atoms. The van der Waals surface area contributed by atoms with Gasteiger partial charge < -0.3 is 10.1 Å². The van der Waals surface area contributed by atoms with Gasteiger partial charge in [-0.15, -0.1) is 0 Å². The molecule has 2 aromatic heterocycles. The van der Waals surface area contributed by atoms with Crippen LogP contribution in [0.15, 0.2) is 12.4 Å². The number of ether oxygens (including phenoxy) is 1. The van der Waals surface area contributed by atoms with Crippen LogP contribution in [0.3, 0.4) is 0 Å². The van der Waals surface area contributed by atoms with E-state index in [1.165, 1.54) is 24.1 Å². The number of hydrogen-bond donors (Lipinski definition) is 1. The molecule has 4 rings (SSSR count). The highest BCUT2D eigenvalue weighted by molar-refractivity contribution is 5.36. The summed E-state index contributed by atoms with van der Waals surface area (Å²) in [6.07, 6.45) is 8.22. The van der Waals surface area contributed by atoms with E-state index in [9.17, 15) is 0 Å². The van der Waals surface area contributed by atoms with E-state index in [1.807, 2.05) is 6.07 Å². The second-order valence-corrected chi connectivity index (χ2v) is 6.92. The lowest BCUT2D eigenvalue weighted by atomic mass is 9.95. The van der Waals surface area contributed by atoms with Gasteiger partial charge in [0.05, 0.1) is 12.3 Å². The highest BCUT2D eigenvalue weighted by Crippen LogP contribution is 2.24. The van der Waals surface area contributed by atoms with Crippen LogP contribution in [0.25, 0.3) is 0 Å². The Labute approximate surface area is 148 Å². The number of rotatable bonds is 5. The molecule has 132 valence electrons. The Morgan fingerprint density at radius 1 is 1.20 bits per heavy atom. The minimum absolute atomic E-state index is 0.398. The minimum Gasteiger partial charge on any atom is -0.381 e. The van der Waals surface area contributed by atoms with Gasteiger partial charge in [0.15, 0.2) is 0 Å². The quantitative estimate of drug-likeness (QED) is 0.903. The van der Waals surface area contributed by atoms with Crippen molar-refractivity contribution in [3.63, 3.8) is 0 Å². The van der Waals surface area contributed by atoms with E-state index in [2.05, 4.69) is 22.2 Å². The van der Waals surface area contributed by atoms with Crippen molar-refractivity contribution < 1.29 is 4.74 Å². The monoisotopic (exact) mass is 339 g/mol. The number of hydrogen-bond acceptors (Lipinski definition) is 6. The molecule has 2 aromatic rings. The van der Waals surface area contributed by atoms with Gasteiger partial charge in [0.2, 0.25) is 0 Å². The van der Waals surface area contributed by atoms with Crippen LogP contribution in [-0.4, -0.2) is 39.7 Å². The second kappa shape index (κ2) is 7.44. The van der Waals surface area contributed by atoms with Gasteiger partial charge in [0.1, 0.15) is 18.0 Å². The number of nitrogens with one attached hydrogen (secondary N) is 1. The molecule has 1 saturated heterocycles. The van der Waals surface area contributed by atoms with Crippen LogP contribution in [0.1, 0.15) is 53.7 Å². The Morgan fingerprint density at radius 2 is 2.12 bits per heavy atom. The summed E-state index contributed by atoms with van der Waals surface area (Å²) in [5.74, 6) is 2.20. The van der Waals surface area contributed by atoms with Crippen LogP contribution in [0.2, 0.25) is 0 Å². The fraction of sp³-hybridized carbons (Fsp3) is 0.579. The van der Waals surface area contributed by atoms with Gasteiger partial charge in [-0.25, -0.2) is 19.9 Å². The van der Waals surface area contributed by atoms with Gasteiger partial charge in [-0.05, 0) is 44.6 Å². The van der Waals surface area contributed by atoms with Crippen molar-refractivity contribution in [2.75, 3.05) is 25.1 Å². The summed E-state index contributed by atoms with van der Waals surface area (Å²) in [4.78, 5) is 18.2. The third-order valence-electron chi connectivity index (χ3n) is 5.13. The SMILES string of the molecule is Cc1nc(CCNc2cc([C@H]3CCOC3)ncn2)nc2c1CCCC2. The molecule has 0 aromatic carbocycles. The van der Waals surface area contributed by atoms with E-state index in [1.54, 1.807) is 6.33 Å². The first-order chi connectivity index (χ1) is 12.3. The summed E-state index contributed by atoms with van der Waals surface area (Å²) in [6.45, 7) is 4.48. The van der Waals surface area contributed by atoms with Crippen molar-refractivity contribution in [2.24, 2.45) is 0 Å². The topological polar surface area (TPSA) is 72.8 Å². The molecule has 3 heterocycles. The predicted molar refractivity (Wildman–Crippen MR) is 95.8 cm³/mol. The van der Waals surface area contributed by atoms with E-state index in [0.717, 1.165) is 68.5 Å². The molecule has 6 nitrogen and oxygen atoms in total. The Morgan fingerprint density at radius 3 is 3.00 bits per heavy atom. The number of nitrogens with zero attached hydrogens (tertiary/aromatic N) is 4. The molecule has 6 heteroatoms. The van der Waals surface area contributed by atoms with Gasteiger partial charge >= 0.3 is 0 Å². The van der Waals surface area contributed by atoms with Crippen LogP contribution >= 0.6 is 0 Å². The molecule has 1 aliphatic carbocycles. The third kappa shape index (κ3) is 3.79. The third-order valence-corrected chi connectivity index (χ3v) is 5.13. The molecule has 1 aliphatic heterocycles. The normalized spacial score (nSPS) is 19.6. The molecule has 0 saturated carbocycles. The van der Waals surface area contributed by atoms with Gasteiger partial charge in [0.25, 0.3) is 0 Å². The molecule has 25 heavy (non-hydrogen) atoms. The number of anilines is 1. The van der Waals surface area contributed by atoms with Gasteiger partial charge in [-0.3, -0.25) is 0 Å². The standard InChI is InChI=1S/C19H25N5O/c1-13-15-4-2-3-5-16(15)24-18(23-13)6-8-20-19-10-17(21-12-22-19)14-7-9-25-11-14/h10,12,14H,2-9,11H2,1H3,(H,20,21,22)/t14-/m0/s1. The van der Waals surface area contributed by atoms with E-state index in [4.69, 9.17) is 14.7 Å². The van der Waals surface area contributed by atoms with Crippen LogP contribution in [0.4, 0.5) is 5.82 Å². The lowest BCUT2D eigenvalue weighted by molar-refractivity contribution is 0.193. The molecule has 2 aliphatic rings. The Hall–Kier alpha value is -2.08. The summed E-state index contributed by atoms with van der Waals surface area (Å²) in [5.41, 5.74) is 4.86. The average molecular weight is 339 g/mol. The molecule has 0 spiro atoms. The average Bonchev–Trinajstić information content (AvgIpc) is 3.17. The first-order valence-electron chi connectivity index (χ1n) is 9.28. The molecule has 0 radical (unpaired) electrons. The maximum absolute atomic E-state index is 5.45. The maximum Gasteiger partial charge on any atom is 0.130 e. The zero-order valence-corrected chi connectivity index (χ0v) is 14.8. The first-order valence-corrected chi connectivity index (χ1v) is 9.28. The van der Waals surface area contributed by atoms with Gasteiger partial charge in [0, 0.05) is 42.9 Å². The van der Waals surface area contributed by atoms with E-state index >= 15 is 0 Å². The zero-order chi connectivity index (χ0) is 17.1. The van der Waals surface area contributed by atoms with Crippen molar-refractivity contribution in [2.45, 2.75) is 51.4 Å². The van der Waals surface area contributed by atoms with Crippen molar-refractivity contribution >= 4 is 5.82 Å². The van der Waals surface area contributed by atoms with E-state index < -0.39 is 0 Å². The van der Waals surface area contributed by atoms with Crippen LogP contribution in [0, 0.1) is 6.92 Å². The van der Waals surface area contributed by atoms with Crippen molar-refractivity contribution in [1.82, 2.24) is 19.9 Å². The first kappa shape index (κ1) is 16.4. The van der Waals surface area contributed by atoms with E-state index in [-0.39, 0.29) is 0 Å². The Kier molecular flexibility index (Phi) is 4.88. The van der Waals surface area contributed by atoms with Crippen LogP contribution < -0.4 is 5.32 Å². The van der Waals surface area contributed by atoms with E-state index in [0.29, 0.717) is 5.92 Å². The summed E-state index contributed by atoms with van der Waals surface area (Å²) in [7, 11) is 0. The fourth-order valence-corrected chi connectivity index (χ4v) is 3.72. The van der Waals surface area contributed by atoms with Crippen LogP contribution in [-0.2, 0) is 24.0 Å². The van der Waals surface area contributed by atoms with Crippen molar-refractivity contribution in [1.29, 1.82) is 0 Å². The van der Waals surface area contributed by atoms with Crippen LogP contribution in [0.5, 0.6) is 0 Å². The largest absolute Gasteiger partial charge is 0.381 e. The van der Waals surface area contributed by atoms with Gasteiger partial charge in [-0.2, -0.15) is 0 Å². The summed E-state index contributed by atoms with van der Waals surface area (Å²) in [6, 6.07) is 2.04. The molecular weight excluding hydrogens is 314 g/mol. The summed E-state index contributed by atoms with van der Waals surface area (Å²) in [5, 5.41) is 3.38. The molecule has 0 amide bonds. The zero-order valence-electron chi connectivity index (χ0n) is 14.8. The Balaban J connectivity index is 1.38. The predicted octanol–water partition coefficient (Wildman–Crippen LogP) is 2.61. The fourth-order valence-electron chi connectivity index (χ4n) is 3.72. The summed E-state index contributed by atoms with van der Waals surface area (Å²) >= 11 is 0. The number of aromatic nitrogens is 4. The molecule has 1 fully saturated rings. The number of aryl methyl sites for hydroxylation is 2. The summed E-state index contributed by atoms with van der Waals surface area (Å²) < 4.78 is 5.45. The van der Waals surface area contributed by atoms with Gasteiger partial charge in [-0.1, -0.05) is 0 Å². The lowest BCUT2D eigenvalue weighted by Gasteiger charge is -2.17. The Bertz CT molecular complexity index is 743. The smallest absolute Gasteiger partial charge is 0.130 e. The molecule has 1 N–H and O–H groups in total. The maximum atomic E-state index is 5.45. The van der Waals surface area contributed by atoms with Crippen molar-refractivity contribution in [3.8, 4) is 0 Å². The highest BCUT2D eigenvalue weighted by Gasteiger charge is 2.19. The lowest BCUT2D eigenvalue weighted by Crippen LogP contribution is -2.15. The molecule has 0 unspecified atom stereocenters. The van der Waals surface area contributed by atoms with Crippen molar-refractivity contribution in [3.05, 3.63) is 40.9 Å². The molecule has 1 atom stereocenters.